The Morgan fingerprint density at radius 1 is 1.27 bits per heavy atom. The van der Waals surface area contributed by atoms with Crippen LogP contribution in [0.15, 0.2) is 22.7 Å². The van der Waals surface area contributed by atoms with Gasteiger partial charge in [0.05, 0.1) is 5.56 Å². The van der Waals surface area contributed by atoms with Crippen LogP contribution >= 0.6 is 39.9 Å². The van der Waals surface area contributed by atoms with E-state index in [1.807, 2.05) is 4.90 Å². The smallest absolute Gasteiger partial charge is 0.255 e. The van der Waals surface area contributed by atoms with Crippen LogP contribution in [-0.2, 0) is 0 Å². The van der Waals surface area contributed by atoms with E-state index >= 15 is 0 Å². The lowest BCUT2D eigenvalue weighted by Crippen LogP contribution is -2.49. The molecule has 0 saturated carbocycles. The van der Waals surface area contributed by atoms with Gasteiger partial charge in [-0.25, -0.2) is 0 Å². The topological polar surface area (TPSA) is 35.6 Å². The summed E-state index contributed by atoms with van der Waals surface area (Å²) in [6.07, 6.45) is 1.07. The first-order valence-corrected chi connectivity index (χ1v) is 8.51. The van der Waals surface area contributed by atoms with Crippen LogP contribution in [0.25, 0.3) is 0 Å². The number of piperazine rings is 1. The van der Waals surface area contributed by atoms with Crippen molar-refractivity contribution in [3.05, 3.63) is 33.3 Å². The first-order chi connectivity index (χ1) is 10.1. The summed E-state index contributed by atoms with van der Waals surface area (Å²) in [5.74, 6) is 0.0937. The Balaban J connectivity index is 0.00000176. The van der Waals surface area contributed by atoms with Gasteiger partial charge in [-0.05, 0) is 40.5 Å². The van der Waals surface area contributed by atoms with Crippen LogP contribution in [0.2, 0.25) is 5.02 Å². The number of nitrogens with zero attached hydrogens (tertiary/aromatic N) is 2. The summed E-state index contributed by atoms with van der Waals surface area (Å²) in [4.78, 5) is 17.1. The third kappa shape index (κ3) is 3.95. The van der Waals surface area contributed by atoms with Crippen molar-refractivity contribution in [1.29, 1.82) is 0 Å². The van der Waals surface area contributed by atoms with E-state index in [4.69, 9.17) is 11.6 Å². The van der Waals surface area contributed by atoms with Crippen LogP contribution in [0.4, 0.5) is 0 Å². The van der Waals surface area contributed by atoms with Crippen molar-refractivity contribution in [2.45, 2.75) is 12.5 Å². The summed E-state index contributed by atoms with van der Waals surface area (Å²) >= 11 is 9.37. The summed E-state index contributed by atoms with van der Waals surface area (Å²) in [5, 5.41) is 4.01. The van der Waals surface area contributed by atoms with Gasteiger partial charge < -0.3 is 10.2 Å². The molecule has 0 bridgehead atoms. The lowest BCUT2D eigenvalue weighted by Gasteiger charge is -2.32. The van der Waals surface area contributed by atoms with Crippen LogP contribution in [0, 0.1) is 0 Å². The molecule has 3 rings (SSSR count). The zero-order valence-corrected chi connectivity index (χ0v) is 15.4. The van der Waals surface area contributed by atoms with Gasteiger partial charge in [0.2, 0.25) is 0 Å². The summed E-state index contributed by atoms with van der Waals surface area (Å²) in [7, 11) is 0. The lowest BCUT2D eigenvalue weighted by molar-refractivity contribution is 0.0772. The zero-order valence-electron chi connectivity index (χ0n) is 12.2. The van der Waals surface area contributed by atoms with Gasteiger partial charge in [-0.15, -0.1) is 12.4 Å². The van der Waals surface area contributed by atoms with E-state index in [9.17, 15) is 4.79 Å². The predicted octanol–water partition coefficient (Wildman–Crippen LogP) is 2.64. The fourth-order valence-corrected chi connectivity index (χ4v) is 3.96. The minimum absolute atomic E-state index is 0. The molecule has 1 N–H and O–H groups in total. The Kier molecular flexibility index (Phi) is 6.53. The average Bonchev–Trinajstić information content (AvgIpc) is 2.97. The van der Waals surface area contributed by atoms with Gasteiger partial charge >= 0.3 is 0 Å². The monoisotopic (exact) mass is 407 g/mol. The quantitative estimate of drug-likeness (QED) is 0.816. The fraction of sp³-hybridized carbons (Fsp3) is 0.533. The summed E-state index contributed by atoms with van der Waals surface area (Å²) in [6, 6.07) is 5.84. The number of carbonyl (C=O) groups excluding carboxylic acids is 1. The molecule has 22 heavy (non-hydrogen) atoms. The van der Waals surface area contributed by atoms with Gasteiger partial charge in [0.15, 0.2) is 0 Å². The predicted molar refractivity (Wildman–Crippen MR) is 95.2 cm³/mol. The van der Waals surface area contributed by atoms with Gasteiger partial charge in [0.1, 0.15) is 0 Å². The molecule has 2 fully saturated rings. The molecule has 7 heteroatoms. The van der Waals surface area contributed by atoms with Crippen molar-refractivity contribution in [2.24, 2.45) is 0 Å². The number of carbonyl (C=O) groups is 1. The first-order valence-electron chi connectivity index (χ1n) is 7.34. The Bertz CT molecular complexity index is 538. The Morgan fingerprint density at radius 3 is 2.68 bits per heavy atom. The van der Waals surface area contributed by atoms with E-state index in [1.54, 1.807) is 18.2 Å². The molecule has 4 nitrogen and oxygen atoms in total. The highest BCUT2D eigenvalue weighted by molar-refractivity contribution is 9.10. The Hall–Kier alpha value is -0.330. The third-order valence-electron chi connectivity index (χ3n) is 4.28. The van der Waals surface area contributed by atoms with E-state index in [2.05, 4.69) is 26.1 Å². The van der Waals surface area contributed by atoms with Gasteiger partial charge in [-0.1, -0.05) is 11.6 Å². The number of nitrogens with one attached hydrogen (secondary N) is 1. The van der Waals surface area contributed by atoms with Crippen molar-refractivity contribution < 1.29 is 4.79 Å². The largest absolute Gasteiger partial charge is 0.337 e. The summed E-state index contributed by atoms with van der Waals surface area (Å²) in [6.45, 7) is 5.92. The minimum Gasteiger partial charge on any atom is -0.337 e. The minimum atomic E-state index is 0. The molecule has 2 aliphatic rings. The number of amides is 1. The molecule has 1 unspecified atom stereocenters. The molecule has 1 aromatic carbocycles. The maximum atomic E-state index is 12.6. The molecule has 1 amide bonds. The van der Waals surface area contributed by atoms with E-state index in [1.165, 1.54) is 0 Å². The molecular weight excluding hydrogens is 389 g/mol. The maximum Gasteiger partial charge on any atom is 0.255 e. The molecule has 0 aromatic heterocycles. The van der Waals surface area contributed by atoms with Crippen LogP contribution in [0.3, 0.4) is 0 Å². The van der Waals surface area contributed by atoms with Crippen molar-refractivity contribution in [3.8, 4) is 0 Å². The number of hydrogen-bond acceptors (Lipinski definition) is 3. The number of benzene rings is 1. The van der Waals surface area contributed by atoms with Gasteiger partial charge in [-0.2, -0.15) is 0 Å². The number of rotatable bonds is 2. The van der Waals surface area contributed by atoms with Crippen LogP contribution in [0.5, 0.6) is 0 Å². The van der Waals surface area contributed by atoms with Crippen LogP contribution in [-0.4, -0.2) is 61.0 Å². The number of hydrogen-bond donors (Lipinski definition) is 1. The van der Waals surface area contributed by atoms with Crippen molar-refractivity contribution in [2.75, 3.05) is 39.3 Å². The second-order valence-corrected chi connectivity index (χ2v) is 6.89. The number of likely N-dealkylation sites (tertiary alicyclic amines) is 1. The van der Waals surface area contributed by atoms with E-state index in [-0.39, 0.29) is 18.3 Å². The molecule has 0 radical (unpaired) electrons. The first kappa shape index (κ1) is 18.0. The lowest BCUT2D eigenvalue weighted by atomic mass is 10.2. The highest BCUT2D eigenvalue weighted by Gasteiger charge is 2.31. The van der Waals surface area contributed by atoms with E-state index < -0.39 is 0 Å². The van der Waals surface area contributed by atoms with Crippen LogP contribution < -0.4 is 5.32 Å². The highest BCUT2D eigenvalue weighted by atomic mass is 79.9. The second-order valence-electron chi connectivity index (χ2n) is 5.60. The van der Waals surface area contributed by atoms with E-state index in [0.29, 0.717) is 16.6 Å². The molecule has 1 aromatic rings. The van der Waals surface area contributed by atoms with Gasteiger partial charge in [-0.3, -0.25) is 9.69 Å². The molecule has 0 spiro atoms. The molecule has 2 saturated heterocycles. The normalized spacial score (nSPS) is 22.5. The zero-order chi connectivity index (χ0) is 14.8. The average molecular weight is 409 g/mol. The van der Waals surface area contributed by atoms with Crippen molar-refractivity contribution in [1.82, 2.24) is 15.1 Å². The van der Waals surface area contributed by atoms with Gasteiger partial charge in [0, 0.05) is 54.8 Å². The molecule has 2 heterocycles. The second kappa shape index (κ2) is 7.97. The highest BCUT2D eigenvalue weighted by Crippen LogP contribution is 2.25. The molecule has 1 atom stereocenters. The third-order valence-corrected chi connectivity index (χ3v) is 5.17. The summed E-state index contributed by atoms with van der Waals surface area (Å²) in [5.41, 5.74) is 0.695. The fourth-order valence-electron chi connectivity index (χ4n) is 3.10. The molecule has 0 aliphatic carbocycles. The molecular formula is C15H20BrCl2N3O. The van der Waals surface area contributed by atoms with E-state index in [0.717, 1.165) is 50.2 Å². The maximum absolute atomic E-state index is 12.6. The summed E-state index contributed by atoms with van der Waals surface area (Å²) < 4.78 is 0.769. The Morgan fingerprint density at radius 2 is 2.00 bits per heavy atom. The van der Waals surface area contributed by atoms with Crippen LogP contribution in [0.1, 0.15) is 16.8 Å². The van der Waals surface area contributed by atoms with Crippen molar-refractivity contribution >= 4 is 45.8 Å². The SMILES string of the molecule is Cl.O=C(c1ccc(Cl)cc1Br)N1CCC(N2CCNCC2)C1. The standard InChI is InChI=1S/C15H19BrClN3O.ClH/c16-14-9-11(17)1-2-13(14)15(21)20-6-3-12(10-20)19-7-4-18-5-8-19;/h1-2,9,12,18H,3-8,10H2;1H. The Labute approximate surface area is 150 Å². The molecule has 2 aliphatic heterocycles. The number of halogens is 3. The van der Waals surface area contributed by atoms with Gasteiger partial charge in [0.25, 0.3) is 5.91 Å². The van der Waals surface area contributed by atoms with Crippen molar-refractivity contribution in [3.63, 3.8) is 0 Å². The molecule has 122 valence electrons.